The maximum atomic E-state index is 11.9. The maximum Gasteiger partial charge on any atom is 0.328 e. The lowest BCUT2D eigenvalue weighted by molar-refractivity contribution is 0.268. The van der Waals surface area contributed by atoms with E-state index in [4.69, 9.17) is 0 Å². The molecule has 0 aliphatic carbocycles. The molecule has 0 radical (unpaired) electrons. The first-order chi connectivity index (χ1) is 9.50. The predicted octanol–water partition coefficient (Wildman–Crippen LogP) is 1.37. The summed E-state index contributed by atoms with van der Waals surface area (Å²) in [6.45, 7) is 2.91. The summed E-state index contributed by atoms with van der Waals surface area (Å²) in [6.07, 6.45) is 2.14. The Morgan fingerprint density at radius 3 is 2.85 bits per heavy atom. The Labute approximate surface area is 121 Å². The van der Waals surface area contributed by atoms with E-state index in [0.717, 1.165) is 11.1 Å². The normalized spacial score (nSPS) is 12.8. The van der Waals surface area contributed by atoms with E-state index in [-0.39, 0.29) is 11.2 Å². The molecule has 20 heavy (non-hydrogen) atoms. The lowest BCUT2D eigenvalue weighted by atomic mass is 10.2. The molecule has 5 nitrogen and oxygen atoms in total. The molecule has 0 saturated heterocycles. The second-order valence-corrected chi connectivity index (χ2v) is 5.88. The van der Waals surface area contributed by atoms with Gasteiger partial charge < -0.3 is 4.98 Å². The zero-order chi connectivity index (χ0) is 14.7. The van der Waals surface area contributed by atoms with E-state index in [9.17, 15) is 9.59 Å². The molecule has 6 heteroatoms. The van der Waals surface area contributed by atoms with E-state index in [1.807, 2.05) is 13.1 Å². The molecule has 2 aromatic heterocycles. The molecule has 2 heterocycles. The quantitative estimate of drug-likeness (QED) is 0.906. The summed E-state index contributed by atoms with van der Waals surface area (Å²) in [5.74, 6) is 0. The summed E-state index contributed by atoms with van der Waals surface area (Å²) in [6, 6.07) is 4.48. The number of likely N-dealkylation sites (N-methyl/N-ethyl adjacent to an activating group) is 1. The Morgan fingerprint density at radius 2 is 2.20 bits per heavy atom. The number of hydrogen-bond donors (Lipinski definition) is 1. The SMILES string of the molecule is C[C@@H](c1cccs1)N(C)CCc1c[nH]c(=O)n(C)c1=O. The Hall–Kier alpha value is -1.66. The highest BCUT2D eigenvalue weighted by molar-refractivity contribution is 7.10. The number of nitrogens with one attached hydrogen (secondary N) is 1. The minimum absolute atomic E-state index is 0.217. The fourth-order valence-electron chi connectivity index (χ4n) is 2.03. The first kappa shape index (κ1) is 14.7. The van der Waals surface area contributed by atoms with Crippen molar-refractivity contribution in [3.05, 3.63) is 55.0 Å². The molecule has 0 fully saturated rings. The third-order valence-corrected chi connectivity index (χ3v) is 4.65. The number of H-pyrrole nitrogens is 1. The van der Waals surface area contributed by atoms with Crippen LogP contribution in [0.2, 0.25) is 0 Å². The summed E-state index contributed by atoms with van der Waals surface area (Å²) >= 11 is 1.73. The van der Waals surface area contributed by atoms with E-state index >= 15 is 0 Å². The van der Waals surface area contributed by atoms with Crippen LogP contribution in [0.25, 0.3) is 0 Å². The van der Waals surface area contributed by atoms with Crippen LogP contribution in [0.1, 0.15) is 23.4 Å². The molecule has 2 rings (SSSR count). The highest BCUT2D eigenvalue weighted by Gasteiger charge is 2.13. The largest absolute Gasteiger partial charge is 0.328 e. The van der Waals surface area contributed by atoms with Gasteiger partial charge in [0.15, 0.2) is 0 Å². The summed E-state index contributed by atoms with van der Waals surface area (Å²) < 4.78 is 1.11. The fourth-order valence-corrected chi connectivity index (χ4v) is 2.88. The molecule has 2 aromatic rings. The van der Waals surface area contributed by atoms with Crippen LogP contribution in [0.3, 0.4) is 0 Å². The average Bonchev–Trinajstić information content (AvgIpc) is 2.97. The molecule has 0 aromatic carbocycles. The fraction of sp³-hybridized carbons (Fsp3) is 0.429. The first-order valence-electron chi connectivity index (χ1n) is 6.52. The van der Waals surface area contributed by atoms with Crippen molar-refractivity contribution in [2.24, 2.45) is 7.05 Å². The standard InChI is InChI=1S/C14H19N3O2S/c1-10(12-5-4-8-20-12)16(2)7-6-11-9-15-14(19)17(3)13(11)18/h4-5,8-10H,6-7H2,1-3H3,(H,15,19)/t10-/m0/s1. The summed E-state index contributed by atoms with van der Waals surface area (Å²) in [5, 5.41) is 2.07. The Balaban J connectivity index is 2.04. The van der Waals surface area contributed by atoms with E-state index in [0.29, 0.717) is 18.0 Å². The van der Waals surface area contributed by atoms with Gasteiger partial charge in [-0.25, -0.2) is 4.79 Å². The zero-order valence-corrected chi connectivity index (χ0v) is 12.7. The molecular weight excluding hydrogens is 274 g/mol. The second-order valence-electron chi connectivity index (χ2n) is 4.91. The van der Waals surface area contributed by atoms with Crippen LogP contribution >= 0.6 is 11.3 Å². The van der Waals surface area contributed by atoms with Crippen molar-refractivity contribution in [3.63, 3.8) is 0 Å². The molecule has 1 N–H and O–H groups in total. The lowest BCUT2D eigenvalue weighted by Gasteiger charge is -2.23. The lowest BCUT2D eigenvalue weighted by Crippen LogP contribution is -2.35. The highest BCUT2D eigenvalue weighted by Crippen LogP contribution is 2.23. The Morgan fingerprint density at radius 1 is 1.45 bits per heavy atom. The number of rotatable bonds is 5. The number of aromatic amines is 1. The smallest absolute Gasteiger partial charge is 0.314 e. The molecule has 0 spiro atoms. The molecule has 0 saturated carbocycles. The van der Waals surface area contributed by atoms with E-state index in [1.54, 1.807) is 11.3 Å². The third kappa shape index (κ3) is 3.08. The van der Waals surface area contributed by atoms with Crippen molar-refractivity contribution in [1.82, 2.24) is 14.5 Å². The predicted molar refractivity (Wildman–Crippen MR) is 81.4 cm³/mol. The molecular formula is C14H19N3O2S. The van der Waals surface area contributed by atoms with Crippen LogP contribution in [0.15, 0.2) is 33.3 Å². The van der Waals surface area contributed by atoms with Gasteiger partial charge in [0, 0.05) is 36.3 Å². The van der Waals surface area contributed by atoms with Gasteiger partial charge >= 0.3 is 5.69 Å². The zero-order valence-electron chi connectivity index (χ0n) is 11.9. The third-order valence-electron chi connectivity index (χ3n) is 3.60. The highest BCUT2D eigenvalue weighted by atomic mass is 32.1. The average molecular weight is 293 g/mol. The monoisotopic (exact) mass is 293 g/mol. The van der Waals surface area contributed by atoms with Crippen LogP contribution in [0.5, 0.6) is 0 Å². The van der Waals surface area contributed by atoms with Crippen molar-refractivity contribution < 1.29 is 0 Å². The van der Waals surface area contributed by atoms with Gasteiger partial charge in [-0.2, -0.15) is 0 Å². The van der Waals surface area contributed by atoms with Crippen molar-refractivity contribution >= 4 is 11.3 Å². The van der Waals surface area contributed by atoms with E-state index in [1.165, 1.54) is 18.1 Å². The van der Waals surface area contributed by atoms with Crippen LogP contribution < -0.4 is 11.2 Å². The summed E-state index contributed by atoms with van der Waals surface area (Å²) in [7, 11) is 3.53. The molecule has 0 amide bonds. The number of aromatic nitrogens is 2. The minimum atomic E-state index is -0.376. The second kappa shape index (κ2) is 6.19. The van der Waals surface area contributed by atoms with Gasteiger partial charge in [0.2, 0.25) is 0 Å². The summed E-state index contributed by atoms with van der Waals surface area (Å²) in [4.78, 5) is 29.3. The topological polar surface area (TPSA) is 58.1 Å². The van der Waals surface area contributed by atoms with Crippen molar-refractivity contribution in [2.45, 2.75) is 19.4 Å². The molecule has 0 aliphatic heterocycles. The summed E-state index contributed by atoms with van der Waals surface area (Å²) in [5.41, 5.74) is 0.0438. The molecule has 1 atom stereocenters. The molecule has 0 unspecified atom stereocenters. The number of nitrogens with zero attached hydrogens (tertiary/aromatic N) is 2. The molecule has 0 bridgehead atoms. The van der Waals surface area contributed by atoms with Gasteiger partial charge in [-0.05, 0) is 31.8 Å². The van der Waals surface area contributed by atoms with Gasteiger partial charge in [0.05, 0.1) is 0 Å². The van der Waals surface area contributed by atoms with Gasteiger partial charge in [-0.1, -0.05) is 6.07 Å². The Kier molecular flexibility index (Phi) is 4.57. The maximum absolute atomic E-state index is 11.9. The molecule has 108 valence electrons. The van der Waals surface area contributed by atoms with E-state index < -0.39 is 0 Å². The van der Waals surface area contributed by atoms with Crippen LogP contribution in [-0.4, -0.2) is 28.0 Å². The van der Waals surface area contributed by atoms with Gasteiger partial charge in [-0.3, -0.25) is 14.3 Å². The van der Waals surface area contributed by atoms with Gasteiger partial charge in [0.25, 0.3) is 5.56 Å². The number of thiophene rings is 1. The molecule has 0 aliphatic rings. The Bertz CT molecular complexity index is 672. The van der Waals surface area contributed by atoms with Crippen molar-refractivity contribution in [3.8, 4) is 0 Å². The van der Waals surface area contributed by atoms with Crippen molar-refractivity contribution in [2.75, 3.05) is 13.6 Å². The first-order valence-corrected chi connectivity index (χ1v) is 7.40. The van der Waals surface area contributed by atoms with Crippen LogP contribution in [0.4, 0.5) is 0 Å². The van der Waals surface area contributed by atoms with Crippen LogP contribution in [0, 0.1) is 0 Å². The van der Waals surface area contributed by atoms with Crippen LogP contribution in [-0.2, 0) is 13.5 Å². The van der Waals surface area contributed by atoms with Crippen molar-refractivity contribution in [1.29, 1.82) is 0 Å². The minimum Gasteiger partial charge on any atom is -0.314 e. The number of hydrogen-bond acceptors (Lipinski definition) is 4. The van der Waals surface area contributed by atoms with Gasteiger partial charge in [-0.15, -0.1) is 11.3 Å². The van der Waals surface area contributed by atoms with E-state index in [2.05, 4.69) is 28.3 Å². The van der Waals surface area contributed by atoms with Gasteiger partial charge in [0.1, 0.15) is 0 Å².